The molecule has 0 bridgehead atoms. The maximum atomic E-state index is 13.3. The Hall–Kier alpha value is -1.44. The first-order valence-electron chi connectivity index (χ1n) is 9.75. The van der Waals surface area contributed by atoms with Crippen molar-refractivity contribution in [3.8, 4) is 0 Å². The lowest BCUT2D eigenvalue weighted by Gasteiger charge is -2.31. The summed E-state index contributed by atoms with van der Waals surface area (Å²) in [5, 5.41) is 2.94. The summed E-state index contributed by atoms with van der Waals surface area (Å²) in [5.74, 6) is -0.0846. The second-order valence-electron chi connectivity index (χ2n) is 7.55. The third kappa shape index (κ3) is 4.89. The van der Waals surface area contributed by atoms with Crippen LogP contribution < -0.4 is 11.1 Å². The lowest BCUT2D eigenvalue weighted by molar-refractivity contribution is -0.126. The lowest BCUT2D eigenvalue weighted by atomic mass is 9.97. The molecule has 1 aliphatic rings. The standard InChI is InChI=1S/C20H33N3O3S/c1-14-13-15(2)17(4)19(16(14)3)27(25,26)23-11-7-18(8-12-23)20(24)22-10-6-5-9-21/h13,18H,5-12,21H2,1-4H3,(H,22,24). The molecule has 7 heteroatoms. The smallest absolute Gasteiger partial charge is 0.243 e. The SMILES string of the molecule is Cc1cc(C)c(C)c(S(=O)(=O)N2CCC(C(=O)NCCCCN)CC2)c1C. The number of amides is 1. The number of piperidine rings is 1. The van der Waals surface area contributed by atoms with Crippen molar-refractivity contribution in [2.24, 2.45) is 11.7 Å². The van der Waals surface area contributed by atoms with E-state index in [0.717, 1.165) is 35.1 Å². The fourth-order valence-corrected chi connectivity index (χ4v) is 5.73. The van der Waals surface area contributed by atoms with Gasteiger partial charge in [0.15, 0.2) is 0 Å². The van der Waals surface area contributed by atoms with E-state index >= 15 is 0 Å². The van der Waals surface area contributed by atoms with Crippen LogP contribution in [0.3, 0.4) is 0 Å². The first-order valence-corrected chi connectivity index (χ1v) is 11.2. The molecule has 1 aliphatic heterocycles. The lowest BCUT2D eigenvalue weighted by Crippen LogP contribution is -2.43. The summed E-state index contributed by atoms with van der Waals surface area (Å²) in [4.78, 5) is 12.7. The van der Waals surface area contributed by atoms with Crippen LogP contribution in [0.1, 0.15) is 47.9 Å². The van der Waals surface area contributed by atoms with E-state index < -0.39 is 10.0 Å². The minimum atomic E-state index is -3.55. The quantitative estimate of drug-likeness (QED) is 0.692. The number of unbranched alkanes of at least 4 members (excludes halogenated alkanes) is 1. The van der Waals surface area contributed by atoms with E-state index in [-0.39, 0.29) is 11.8 Å². The highest BCUT2D eigenvalue weighted by molar-refractivity contribution is 7.89. The molecule has 0 spiro atoms. The van der Waals surface area contributed by atoms with Crippen molar-refractivity contribution in [3.05, 3.63) is 28.3 Å². The minimum Gasteiger partial charge on any atom is -0.356 e. The molecule has 0 atom stereocenters. The molecule has 1 fully saturated rings. The van der Waals surface area contributed by atoms with Crippen molar-refractivity contribution in [1.29, 1.82) is 0 Å². The molecule has 3 N–H and O–H groups in total. The summed E-state index contributed by atoms with van der Waals surface area (Å²) < 4.78 is 28.1. The number of nitrogens with one attached hydrogen (secondary N) is 1. The monoisotopic (exact) mass is 395 g/mol. The van der Waals surface area contributed by atoms with Crippen molar-refractivity contribution < 1.29 is 13.2 Å². The van der Waals surface area contributed by atoms with Crippen LogP contribution in [0.5, 0.6) is 0 Å². The summed E-state index contributed by atoms with van der Waals surface area (Å²) >= 11 is 0. The number of nitrogens with zero attached hydrogens (tertiary/aromatic N) is 1. The molecule has 0 aliphatic carbocycles. The van der Waals surface area contributed by atoms with Crippen molar-refractivity contribution in [1.82, 2.24) is 9.62 Å². The van der Waals surface area contributed by atoms with Crippen LogP contribution in [0, 0.1) is 33.6 Å². The zero-order chi connectivity index (χ0) is 20.2. The van der Waals surface area contributed by atoms with Crippen LogP contribution in [0.2, 0.25) is 0 Å². The second-order valence-corrected chi connectivity index (χ2v) is 9.43. The van der Waals surface area contributed by atoms with Gasteiger partial charge in [-0.1, -0.05) is 6.07 Å². The molecule has 0 saturated carbocycles. The highest BCUT2D eigenvalue weighted by Crippen LogP contribution is 2.31. The van der Waals surface area contributed by atoms with E-state index in [1.165, 1.54) is 0 Å². The van der Waals surface area contributed by atoms with Crippen LogP contribution in [0.25, 0.3) is 0 Å². The summed E-state index contributed by atoms with van der Waals surface area (Å²) in [6.07, 6.45) is 2.89. The number of hydrogen-bond acceptors (Lipinski definition) is 4. The molecule has 2 rings (SSSR count). The van der Waals surface area contributed by atoms with Gasteiger partial charge in [-0.05, 0) is 82.2 Å². The summed E-state index contributed by atoms with van der Waals surface area (Å²) in [6, 6.07) is 2.03. The predicted molar refractivity (Wildman–Crippen MR) is 108 cm³/mol. The van der Waals surface area contributed by atoms with E-state index in [1.807, 2.05) is 33.8 Å². The molecule has 0 unspecified atom stereocenters. The Morgan fingerprint density at radius 3 is 2.19 bits per heavy atom. The van der Waals surface area contributed by atoms with Gasteiger partial charge < -0.3 is 11.1 Å². The van der Waals surface area contributed by atoms with Gasteiger partial charge in [0.25, 0.3) is 0 Å². The van der Waals surface area contributed by atoms with Gasteiger partial charge >= 0.3 is 0 Å². The largest absolute Gasteiger partial charge is 0.356 e. The van der Waals surface area contributed by atoms with Gasteiger partial charge in [-0.15, -0.1) is 0 Å². The molecule has 27 heavy (non-hydrogen) atoms. The van der Waals surface area contributed by atoms with Crippen molar-refractivity contribution in [2.75, 3.05) is 26.2 Å². The normalized spacial score (nSPS) is 16.5. The van der Waals surface area contributed by atoms with Gasteiger partial charge in [0.2, 0.25) is 15.9 Å². The van der Waals surface area contributed by atoms with E-state index in [2.05, 4.69) is 5.32 Å². The fraction of sp³-hybridized carbons (Fsp3) is 0.650. The zero-order valence-corrected chi connectivity index (χ0v) is 17.8. The van der Waals surface area contributed by atoms with Crippen LogP contribution >= 0.6 is 0 Å². The molecule has 1 heterocycles. The van der Waals surface area contributed by atoms with Crippen LogP contribution in [-0.4, -0.2) is 44.8 Å². The highest BCUT2D eigenvalue weighted by atomic mass is 32.2. The number of hydrogen-bond donors (Lipinski definition) is 2. The Kier molecular flexibility index (Phi) is 7.42. The Labute approximate surface area is 163 Å². The van der Waals surface area contributed by atoms with Crippen molar-refractivity contribution >= 4 is 15.9 Å². The molecule has 1 aromatic carbocycles. The molecule has 6 nitrogen and oxygen atoms in total. The predicted octanol–water partition coefficient (Wildman–Crippen LogP) is 2.18. The van der Waals surface area contributed by atoms with E-state index in [0.29, 0.717) is 43.9 Å². The molecule has 152 valence electrons. The van der Waals surface area contributed by atoms with Gasteiger partial charge in [-0.25, -0.2) is 8.42 Å². The molecule has 1 amide bonds. The third-order valence-electron chi connectivity index (χ3n) is 5.65. The Balaban J connectivity index is 2.07. The first-order chi connectivity index (χ1) is 12.7. The second kappa shape index (κ2) is 9.17. The average molecular weight is 396 g/mol. The topological polar surface area (TPSA) is 92.5 Å². The highest BCUT2D eigenvalue weighted by Gasteiger charge is 2.34. The molecular formula is C20H33N3O3S. The van der Waals surface area contributed by atoms with E-state index in [9.17, 15) is 13.2 Å². The third-order valence-corrected chi connectivity index (χ3v) is 7.82. The van der Waals surface area contributed by atoms with Gasteiger partial charge in [0.05, 0.1) is 4.90 Å². The zero-order valence-electron chi connectivity index (χ0n) is 17.0. The van der Waals surface area contributed by atoms with Gasteiger partial charge in [0.1, 0.15) is 0 Å². The number of carbonyl (C=O) groups is 1. The van der Waals surface area contributed by atoms with Gasteiger partial charge in [-0.2, -0.15) is 4.31 Å². The molecule has 0 aromatic heterocycles. The van der Waals surface area contributed by atoms with Crippen molar-refractivity contribution in [3.63, 3.8) is 0 Å². The van der Waals surface area contributed by atoms with E-state index in [1.54, 1.807) is 4.31 Å². The maximum Gasteiger partial charge on any atom is 0.243 e. The van der Waals surface area contributed by atoms with Crippen LogP contribution in [0.15, 0.2) is 11.0 Å². The number of nitrogens with two attached hydrogens (primary N) is 1. The van der Waals surface area contributed by atoms with Crippen LogP contribution in [0.4, 0.5) is 0 Å². The maximum absolute atomic E-state index is 13.3. The molecule has 1 aromatic rings. The van der Waals surface area contributed by atoms with E-state index in [4.69, 9.17) is 5.73 Å². The summed E-state index contributed by atoms with van der Waals surface area (Å²) in [5.41, 5.74) is 9.07. The molecule has 0 radical (unpaired) electrons. The van der Waals surface area contributed by atoms with Gasteiger partial charge in [0, 0.05) is 25.6 Å². The Bertz CT molecular complexity index is 756. The molecule has 1 saturated heterocycles. The first kappa shape index (κ1) is 21.9. The fourth-order valence-electron chi connectivity index (χ4n) is 3.68. The summed E-state index contributed by atoms with van der Waals surface area (Å²) in [7, 11) is -3.55. The van der Waals surface area contributed by atoms with Crippen LogP contribution in [-0.2, 0) is 14.8 Å². The number of sulfonamides is 1. The average Bonchev–Trinajstić information content (AvgIpc) is 2.63. The Morgan fingerprint density at radius 1 is 1.11 bits per heavy atom. The molecular weight excluding hydrogens is 362 g/mol. The number of benzene rings is 1. The number of aryl methyl sites for hydroxylation is 2. The Morgan fingerprint density at radius 2 is 1.67 bits per heavy atom. The number of carbonyl (C=O) groups excluding carboxylic acids is 1. The van der Waals surface area contributed by atoms with Gasteiger partial charge in [-0.3, -0.25) is 4.79 Å². The number of rotatable bonds is 7. The minimum absolute atomic E-state index is 0.0304. The summed E-state index contributed by atoms with van der Waals surface area (Å²) in [6.45, 7) is 9.67. The van der Waals surface area contributed by atoms with Crippen molar-refractivity contribution in [2.45, 2.75) is 58.3 Å².